The minimum absolute atomic E-state index is 0.00585. The minimum atomic E-state index is -0.145. The van der Waals surface area contributed by atoms with E-state index >= 15 is 0 Å². The maximum atomic E-state index is 13.0. The van der Waals surface area contributed by atoms with Crippen molar-refractivity contribution < 1.29 is 4.79 Å². The normalized spacial score (nSPS) is 16.6. The molecule has 3 aromatic rings. The van der Waals surface area contributed by atoms with Crippen LogP contribution in [0.15, 0.2) is 43.0 Å². The molecule has 156 valence electrons. The average molecular weight is 441 g/mol. The molecule has 7 nitrogen and oxygen atoms in total. The number of H-pyrrole nitrogens is 1. The van der Waals surface area contributed by atoms with Crippen LogP contribution < -0.4 is 5.32 Å². The molecule has 9 heteroatoms. The van der Waals surface area contributed by atoms with Crippen molar-refractivity contribution in [3.63, 3.8) is 0 Å². The number of carbonyl (C=O) groups is 1. The molecule has 30 heavy (non-hydrogen) atoms. The number of aryl methyl sites for hydroxylation is 1. The van der Waals surface area contributed by atoms with E-state index in [9.17, 15) is 4.79 Å². The molecule has 0 spiro atoms. The highest BCUT2D eigenvalue weighted by molar-refractivity contribution is 7.71. The van der Waals surface area contributed by atoms with Gasteiger partial charge in [-0.05, 0) is 44.1 Å². The molecule has 0 saturated carbocycles. The van der Waals surface area contributed by atoms with E-state index in [0.29, 0.717) is 22.3 Å². The van der Waals surface area contributed by atoms with Gasteiger partial charge in [-0.1, -0.05) is 47.7 Å². The molecule has 1 amide bonds. The SMILES string of the molecule is C=CCn1c(-c2sc(NC(=O)C3CCCN3Cc3ccccc3)nc2C)n[nH]c1=S. The molecule has 4 rings (SSSR count). The van der Waals surface area contributed by atoms with Crippen molar-refractivity contribution in [2.75, 3.05) is 11.9 Å². The number of hydrogen-bond donors (Lipinski definition) is 2. The molecule has 0 bridgehead atoms. The van der Waals surface area contributed by atoms with Crippen LogP contribution in [0.3, 0.4) is 0 Å². The van der Waals surface area contributed by atoms with Gasteiger partial charge in [-0.25, -0.2) is 4.98 Å². The number of rotatable bonds is 7. The zero-order valence-corrected chi connectivity index (χ0v) is 18.4. The van der Waals surface area contributed by atoms with Crippen molar-refractivity contribution in [1.29, 1.82) is 0 Å². The number of aromatic nitrogens is 4. The molecule has 2 N–H and O–H groups in total. The van der Waals surface area contributed by atoms with Gasteiger partial charge in [0.2, 0.25) is 5.91 Å². The molecule has 0 aliphatic carbocycles. The first-order valence-corrected chi connectivity index (χ1v) is 11.1. The van der Waals surface area contributed by atoms with Crippen LogP contribution >= 0.6 is 23.6 Å². The first-order valence-electron chi connectivity index (χ1n) is 9.89. The smallest absolute Gasteiger partial charge is 0.243 e. The Balaban J connectivity index is 1.49. The van der Waals surface area contributed by atoms with Crippen LogP contribution in [0.25, 0.3) is 10.7 Å². The van der Waals surface area contributed by atoms with E-state index in [-0.39, 0.29) is 11.9 Å². The third kappa shape index (κ3) is 4.28. The fourth-order valence-electron chi connectivity index (χ4n) is 3.77. The summed E-state index contributed by atoms with van der Waals surface area (Å²) in [4.78, 5) is 20.7. The predicted molar refractivity (Wildman–Crippen MR) is 122 cm³/mol. The van der Waals surface area contributed by atoms with Crippen molar-refractivity contribution in [2.24, 2.45) is 0 Å². The van der Waals surface area contributed by atoms with E-state index in [0.717, 1.165) is 36.5 Å². The third-order valence-electron chi connectivity index (χ3n) is 5.19. The monoisotopic (exact) mass is 440 g/mol. The molecule has 1 saturated heterocycles. The zero-order valence-electron chi connectivity index (χ0n) is 16.8. The van der Waals surface area contributed by atoms with Crippen LogP contribution in [-0.2, 0) is 17.9 Å². The van der Waals surface area contributed by atoms with Crippen molar-refractivity contribution in [3.8, 4) is 10.7 Å². The molecule has 1 aliphatic heterocycles. The van der Waals surface area contributed by atoms with E-state index in [2.05, 4.69) is 44.1 Å². The molecule has 1 atom stereocenters. The lowest BCUT2D eigenvalue weighted by Crippen LogP contribution is -2.39. The molecule has 1 unspecified atom stereocenters. The number of hydrogen-bond acceptors (Lipinski definition) is 6. The first kappa shape index (κ1) is 20.6. The summed E-state index contributed by atoms with van der Waals surface area (Å²) in [6.07, 6.45) is 3.65. The molecule has 2 aromatic heterocycles. The van der Waals surface area contributed by atoms with Crippen LogP contribution in [0.4, 0.5) is 5.13 Å². The Kier molecular flexibility index (Phi) is 6.21. The first-order chi connectivity index (χ1) is 14.6. The largest absolute Gasteiger partial charge is 0.301 e. The fraction of sp³-hybridized carbons (Fsp3) is 0.333. The van der Waals surface area contributed by atoms with Crippen LogP contribution in [0, 0.1) is 11.7 Å². The topological polar surface area (TPSA) is 78.8 Å². The Morgan fingerprint density at radius 2 is 2.23 bits per heavy atom. The highest BCUT2D eigenvalue weighted by atomic mass is 32.1. The lowest BCUT2D eigenvalue weighted by molar-refractivity contribution is -0.120. The average Bonchev–Trinajstić information content (AvgIpc) is 3.43. The van der Waals surface area contributed by atoms with Gasteiger partial charge in [0.25, 0.3) is 0 Å². The van der Waals surface area contributed by atoms with Gasteiger partial charge in [-0.3, -0.25) is 19.4 Å². The van der Waals surface area contributed by atoms with Crippen LogP contribution in [-0.4, -0.2) is 43.1 Å². The second-order valence-electron chi connectivity index (χ2n) is 7.29. The van der Waals surface area contributed by atoms with E-state index in [4.69, 9.17) is 12.2 Å². The van der Waals surface area contributed by atoms with E-state index < -0.39 is 0 Å². The van der Waals surface area contributed by atoms with Crippen molar-refractivity contribution in [1.82, 2.24) is 24.6 Å². The number of aromatic amines is 1. The van der Waals surface area contributed by atoms with Crippen LogP contribution in [0.1, 0.15) is 24.1 Å². The van der Waals surface area contributed by atoms with E-state index in [1.807, 2.05) is 29.7 Å². The highest BCUT2D eigenvalue weighted by Gasteiger charge is 2.31. The predicted octanol–water partition coefficient (Wildman–Crippen LogP) is 4.16. The van der Waals surface area contributed by atoms with Crippen LogP contribution in [0.2, 0.25) is 0 Å². The third-order valence-corrected chi connectivity index (χ3v) is 6.58. The van der Waals surface area contributed by atoms with E-state index in [1.165, 1.54) is 16.9 Å². The van der Waals surface area contributed by atoms with Gasteiger partial charge >= 0.3 is 0 Å². The number of carbonyl (C=O) groups excluding carboxylic acids is 1. The second-order valence-corrected chi connectivity index (χ2v) is 8.67. The van der Waals surface area contributed by atoms with Gasteiger partial charge in [0.05, 0.1) is 16.6 Å². The van der Waals surface area contributed by atoms with Gasteiger partial charge in [-0.2, -0.15) is 5.10 Å². The van der Waals surface area contributed by atoms with Gasteiger partial charge in [0, 0.05) is 13.1 Å². The molecular weight excluding hydrogens is 416 g/mol. The quantitative estimate of drug-likeness (QED) is 0.426. The number of benzene rings is 1. The van der Waals surface area contributed by atoms with Crippen molar-refractivity contribution in [3.05, 3.63) is 59.0 Å². The molecule has 1 fully saturated rings. The van der Waals surface area contributed by atoms with Gasteiger partial charge in [-0.15, -0.1) is 6.58 Å². The summed E-state index contributed by atoms with van der Waals surface area (Å²) in [5.41, 5.74) is 2.02. The summed E-state index contributed by atoms with van der Waals surface area (Å²) in [7, 11) is 0. The summed E-state index contributed by atoms with van der Waals surface area (Å²) in [6.45, 7) is 7.94. The number of likely N-dealkylation sites (tertiary alicyclic amines) is 1. The summed E-state index contributed by atoms with van der Waals surface area (Å²) in [5, 5.41) is 10.8. The fourth-order valence-corrected chi connectivity index (χ4v) is 4.94. The number of nitrogens with zero attached hydrogens (tertiary/aromatic N) is 4. The van der Waals surface area contributed by atoms with Gasteiger partial charge in [0.15, 0.2) is 15.7 Å². The summed E-state index contributed by atoms with van der Waals surface area (Å²) < 4.78 is 2.40. The zero-order chi connectivity index (χ0) is 21.1. The maximum absolute atomic E-state index is 13.0. The summed E-state index contributed by atoms with van der Waals surface area (Å²) in [6, 6.07) is 10.1. The molecule has 3 heterocycles. The number of nitrogens with one attached hydrogen (secondary N) is 2. The van der Waals surface area contributed by atoms with Crippen molar-refractivity contribution >= 4 is 34.6 Å². The summed E-state index contributed by atoms with van der Waals surface area (Å²) >= 11 is 6.72. The second kappa shape index (κ2) is 9.03. The van der Waals surface area contributed by atoms with E-state index in [1.54, 1.807) is 6.08 Å². The number of thiazole rings is 1. The van der Waals surface area contributed by atoms with Gasteiger partial charge < -0.3 is 5.32 Å². The van der Waals surface area contributed by atoms with Gasteiger partial charge in [0.1, 0.15) is 0 Å². The molecule has 1 aromatic carbocycles. The van der Waals surface area contributed by atoms with Crippen LogP contribution in [0.5, 0.6) is 0 Å². The summed E-state index contributed by atoms with van der Waals surface area (Å²) in [5.74, 6) is 0.704. The lowest BCUT2D eigenvalue weighted by atomic mass is 10.1. The Bertz CT molecular complexity index is 1100. The number of allylic oxidation sites excluding steroid dienone is 1. The number of anilines is 1. The van der Waals surface area contributed by atoms with Crippen molar-refractivity contribution in [2.45, 2.75) is 38.9 Å². The minimum Gasteiger partial charge on any atom is -0.301 e. The Morgan fingerprint density at radius 1 is 1.43 bits per heavy atom. The lowest BCUT2D eigenvalue weighted by Gasteiger charge is -2.23. The molecule has 1 aliphatic rings. The highest BCUT2D eigenvalue weighted by Crippen LogP contribution is 2.32. The standard InChI is InChI=1S/C21H24N6OS2/c1-3-11-27-18(24-25-21(27)29)17-14(2)22-20(30-17)23-19(28)16-10-7-12-26(16)13-15-8-5-4-6-9-15/h3-6,8-9,16H,1,7,10-13H2,2H3,(H,25,29)(H,22,23,28). The molecule has 0 radical (unpaired) electrons. The Labute approximate surface area is 184 Å². The maximum Gasteiger partial charge on any atom is 0.243 e. The molecular formula is C21H24N6OS2. The number of amides is 1. The Hall–Kier alpha value is -2.62. The Morgan fingerprint density at radius 3 is 3.00 bits per heavy atom.